The Hall–Kier alpha value is -1.91. The summed E-state index contributed by atoms with van der Waals surface area (Å²) < 4.78 is 10.2. The third-order valence-corrected chi connectivity index (χ3v) is 2.26. The predicted molar refractivity (Wildman–Crippen MR) is 52.4 cm³/mol. The minimum atomic E-state index is -0.353. The first kappa shape index (κ1) is 9.64. The third kappa shape index (κ3) is 1.56. The Bertz CT molecular complexity index is 441. The molecule has 0 bridgehead atoms. The van der Waals surface area contributed by atoms with E-state index in [1.165, 1.54) is 7.11 Å². The first-order valence-corrected chi connectivity index (χ1v) is 4.43. The Kier molecular flexibility index (Phi) is 2.37. The summed E-state index contributed by atoms with van der Waals surface area (Å²) in [6.45, 7) is 0.369. The largest absolute Gasteiger partial charge is 0.497 e. The molecule has 78 valence electrons. The second-order valence-corrected chi connectivity index (χ2v) is 3.06. The fraction of sp³-hybridized carbons (Fsp3) is 0.300. The van der Waals surface area contributed by atoms with Crippen molar-refractivity contribution >= 4 is 5.91 Å². The summed E-state index contributed by atoms with van der Waals surface area (Å²) in [5, 5.41) is 7.22. The lowest BCUT2D eigenvalue weighted by Crippen LogP contribution is -2.07. The normalized spacial score (nSPS) is 13.6. The quantitative estimate of drug-likeness (QED) is 0.741. The van der Waals surface area contributed by atoms with Crippen LogP contribution in [0.2, 0.25) is 0 Å². The number of hydrogen-bond donors (Lipinski definition) is 0. The monoisotopic (exact) mass is 206 g/mol. The van der Waals surface area contributed by atoms with Gasteiger partial charge in [0, 0.05) is 11.6 Å². The van der Waals surface area contributed by atoms with Gasteiger partial charge in [-0.15, -0.1) is 5.11 Å². The van der Waals surface area contributed by atoms with Gasteiger partial charge in [0.15, 0.2) is 0 Å². The van der Waals surface area contributed by atoms with E-state index in [4.69, 9.17) is 9.47 Å². The van der Waals surface area contributed by atoms with Crippen LogP contribution in [-0.2, 0) is 6.54 Å². The van der Waals surface area contributed by atoms with Gasteiger partial charge in [-0.2, -0.15) is 5.11 Å². The van der Waals surface area contributed by atoms with Gasteiger partial charge in [-0.05, 0) is 6.07 Å². The van der Waals surface area contributed by atoms with E-state index in [1.807, 2.05) is 0 Å². The molecule has 2 rings (SSSR count). The average Bonchev–Trinajstić information content (AvgIpc) is 2.28. The minimum Gasteiger partial charge on any atom is -0.497 e. The molecule has 5 nitrogen and oxygen atoms in total. The maximum atomic E-state index is 11.5. The Morgan fingerprint density at radius 3 is 2.73 bits per heavy atom. The molecule has 0 N–H and O–H groups in total. The number of amides is 1. The maximum Gasteiger partial charge on any atom is 0.295 e. The van der Waals surface area contributed by atoms with Crippen molar-refractivity contribution < 1.29 is 14.3 Å². The zero-order valence-corrected chi connectivity index (χ0v) is 8.48. The molecule has 15 heavy (non-hydrogen) atoms. The van der Waals surface area contributed by atoms with Gasteiger partial charge in [0.2, 0.25) is 0 Å². The van der Waals surface area contributed by atoms with Crippen LogP contribution in [0.15, 0.2) is 22.4 Å². The van der Waals surface area contributed by atoms with Crippen molar-refractivity contribution in [1.82, 2.24) is 0 Å². The Morgan fingerprint density at radius 2 is 2.07 bits per heavy atom. The highest BCUT2D eigenvalue weighted by atomic mass is 16.5. The van der Waals surface area contributed by atoms with E-state index in [0.29, 0.717) is 23.6 Å². The molecule has 0 aromatic heterocycles. The minimum absolute atomic E-state index is 0.353. The highest BCUT2D eigenvalue weighted by molar-refractivity contribution is 5.97. The van der Waals surface area contributed by atoms with Crippen LogP contribution in [0.4, 0.5) is 0 Å². The van der Waals surface area contributed by atoms with Crippen molar-refractivity contribution in [1.29, 1.82) is 0 Å². The Morgan fingerprint density at radius 1 is 1.27 bits per heavy atom. The van der Waals surface area contributed by atoms with Crippen molar-refractivity contribution in [3.05, 3.63) is 23.3 Å². The van der Waals surface area contributed by atoms with Crippen LogP contribution in [-0.4, -0.2) is 20.1 Å². The van der Waals surface area contributed by atoms with E-state index in [9.17, 15) is 4.79 Å². The zero-order valence-electron chi connectivity index (χ0n) is 8.48. The summed E-state index contributed by atoms with van der Waals surface area (Å²) >= 11 is 0. The van der Waals surface area contributed by atoms with Crippen LogP contribution in [0.5, 0.6) is 11.5 Å². The number of hydrogen-bond acceptors (Lipinski definition) is 4. The maximum absolute atomic E-state index is 11.5. The second-order valence-electron chi connectivity index (χ2n) is 3.06. The second kappa shape index (κ2) is 3.68. The number of ether oxygens (including phenoxy) is 2. The fourth-order valence-corrected chi connectivity index (χ4v) is 1.50. The van der Waals surface area contributed by atoms with Crippen LogP contribution in [0.1, 0.15) is 15.9 Å². The van der Waals surface area contributed by atoms with E-state index < -0.39 is 0 Å². The summed E-state index contributed by atoms with van der Waals surface area (Å²) in [5.74, 6) is 0.834. The van der Waals surface area contributed by atoms with Crippen LogP contribution in [0.25, 0.3) is 0 Å². The third-order valence-electron chi connectivity index (χ3n) is 2.26. The summed E-state index contributed by atoms with van der Waals surface area (Å²) in [4.78, 5) is 11.5. The molecule has 1 aromatic carbocycles. The van der Waals surface area contributed by atoms with Gasteiger partial charge in [-0.1, -0.05) is 0 Å². The molecule has 1 aromatic rings. The molecule has 1 heterocycles. The molecular weight excluding hydrogens is 196 g/mol. The number of methoxy groups -OCH3 is 2. The fourth-order valence-electron chi connectivity index (χ4n) is 1.50. The van der Waals surface area contributed by atoms with E-state index in [-0.39, 0.29) is 5.91 Å². The standard InChI is InChI=1S/C10H10N2O3/c1-14-6-3-7-8(9(4-6)15-2)5-11-12-10(7)13/h3-4H,5H2,1-2H3. The molecule has 0 spiro atoms. The van der Waals surface area contributed by atoms with Gasteiger partial charge in [0.1, 0.15) is 11.5 Å². The van der Waals surface area contributed by atoms with Crippen LogP contribution < -0.4 is 9.47 Å². The van der Waals surface area contributed by atoms with Gasteiger partial charge in [0.25, 0.3) is 5.91 Å². The van der Waals surface area contributed by atoms with Gasteiger partial charge in [0.05, 0.1) is 26.3 Å². The van der Waals surface area contributed by atoms with Gasteiger partial charge >= 0.3 is 0 Å². The molecule has 0 atom stereocenters. The number of rotatable bonds is 2. The molecule has 0 radical (unpaired) electrons. The first-order valence-electron chi connectivity index (χ1n) is 4.43. The lowest BCUT2D eigenvalue weighted by molar-refractivity contribution is 0.0987. The Labute approximate surface area is 86.7 Å². The van der Waals surface area contributed by atoms with Crippen molar-refractivity contribution in [2.45, 2.75) is 6.54 Å². The van der Waals surface area contributed by atoms with Crippen molar-refractivity contribution in [2.24, 2.45) is 10.2 Å². The van der Waals surface area contributed by atoms with E-state index in [2.05, 4.69) is 10.2 Å². The molecule has 1 amide bonds. The SMILES string of the molecule is COc1cc(OC)c2c(c1)C(=O)N=NC2. The van der Waals surface area contributed by atoms with Gasteiger partial charge in [-0.25, -0.2) is 0 Å². The molecule has 0 aliphatic carbocycles. The van der Waals surface area contributed by atoms with Crippen LogP contribution >= 0.6 is 0 Å². The predicted octanol–water partition coefficient (Wildman–Crippen LogP) is 1.81. The molecule has 0 saturated carbocycles. The number of benzene rings is 1. The van der Waals surface area contributed by atoms with Gasteiger partial charge in [-0.3, -0.25) is 4.79 Å². The summed E-state index contributed by atoms with van der Waals surface area (Å²) in [6, 6.07) is 3.38. The highest BCUT2D eigenvalue weighted by Gasteiger charge is 2.20. The van der Waals surface area contributed by atoms with Crippen molar-refractivity contribution in [2.75, 3.05) is 14.2 Å². The summed E-state index contributed by atoms with van der Waals surface area (Å²) in [7, 11) is 3.08. The number of fused-ring (bicyclic) bond motifs is 1. The van der Waals surface area contributed by atoms with Crippen LogP contribution in [0, 0.1) is 0 Å². The van der Waals surface area contributed by atoms with Crippen molar-refractivity contribution in [3.63, 3.8) is 0 Å². The van der Waals surface area contributed by atoms with E-state index >= 15 is 0 Å². The van der Waals surface area contributed by atoms with Gasteiger partial charge < -0.3 is 9.47 Å². The summed E-state index contributed by atoms with van der Waals surface area (Å²) in [6.07, 6.45) is 0. The highest BCUT2D eigenvalue weighted by Crippen LogP contribution is 2.31. The molecule has 5 heteroatoms. The average molecular weight is 206 g/mol. The molecular formula is C10H10N2O3. The number of carbonyl (C=O) groups is 1. The molecule has 0 fully saturated rings. The molecule has 1 aliphatic rings. The number of carbonyl (C=O) groups excluding carboxylic acids is 1. The Balaban J connectivity index is 2.60. The van der Waals surface area contributed by atoms with Crippen molar-refractivity contribution in [3.8, 4) is 11.5 Å². The molecule has 0 unspecified atom stereocenters. The topological polar surface area (TPSA) is 60.2 Å². The number of nitrogens with zero attached hydrogens (tertiary/aromatic N) is 2. The smallest absolute Gasteiger partial charge is 0.295 e. The lowest BCUT2D eigenvalue weighted by Gasteiger charge is -2.14. The first-order chi connectivity index (χ1) is 7.26. The zero-order chi connectivity index (χ0) is 10.8. The molecule has 1 aliphatic heterocycles. The lowest BCUT2D eigenvalue weighted by atomic mass is 10.0. The number of azo groups is 1. The summed E-state index contributed by atoms with van der Waals surface area (Å²) in [5.41, 5.74) is 1.26. The van der Waals surface area contributed by atoms with E-state index in [1.54, 1.807) is 19.2 Å². The molecule has 0 saturated heterocycles. The van der Waals surface area contributed by atoms with Crippen LogP contribution in [0.3, 0.4) is 0 Å². The van der Waals surface area contributed by atoms with E-state index in [0.717, 1.165) is 5.56 Å².